The van der Waals surface area contributed by atoms with E-state index in [0.29, 0.717) is 12.8 Å². The summed E-state index contributed by atoms with van der Waals surface area (Å²) in [6.45, 7) is 0.198. The Morgan fingerprint density at radius 3 is 2.50 bits per heavy atom. The lowest BCUT2D eigenvalue weighted by molar-refractivity contribution is 0.295. The van der Waals surface area contributed by atoms with Gasteiger partial charge in [-0.2, -0.15) is 0 Å². The van der Waals surface area contributed by atoms with Crippen LogP contribution in [0.5, 0.6) is 0 Å². The fourth-order valence-electron chi connectivity index (χ4n) is 1.87. The normalized spacial score (nSPS) is 10.9. The van der Waals surface area contributed by atoms with Crippen LogP contribution >= 0.6 is 0 Å². The van der Waals surface area contributed by atoms with Crippen LogP contribution in [0.4, 0.5) is 0 Å². The molecule has 0 saturated heterocycles. The molecule has 0 aliphatic rings. The van der Waals surface area contributed by atoms with Crippen LogP contribution in [-0.2, 0) is 12.8 Å². The molecule has 2 rings (SSSR count). The third-order valence-electron chi connectivity index (χ3n) is 2.59. The first-order valence-corrected chi connectivity index (χ1v) is 5.44. The highest BCUT2D eigenvalue weighted by Gasteiger charge is 2.04. The van der Waals surface area contributed by atoms with E-state index in [0.717, 1.165) is 22.2 Å². The largest absolute Gasteiger partial charge is 0.396 e. The van der Waals surface area contributed by atoms with E-state index in [1.165, 1.54) is 0 Å². The van der Waals surface area contributed by atoms with Gasteiger partial charge in [0.25, 0.3) is 0 Å². The smallest absolute Gasteiger partial charge is 0.0508 e. The van der Waals surface area contributed by atoms with E-state index >= 15 is 0 Å². The molecule has 0 radical (unpaired) electrons. The van der Waals surface area contributed by atoms with Crippen LogP contribution in [0.2, 0.25) is 0 Å². The first-order chi connectivity index (χ1) is 7.85. The van der Waals surface area contributed by atoms with Gasteiger partial charge in [-0.25, -0.2) is 0 Å². The summed E-state index contributed by atoms with van der Waals surface area (Å²) in [4.78, 5) is 4.46. The van der Waals surface area contributed by atoms with E-state index in [1.807, 2.05) is 30.3 Å². The molecule has 0 spiro atoms. The number of rotatable bonds is 4. The molecule has 84 valence electrons. The monoisotopic (exact) mass is 217 g/mol. The summed E-state index contributed by atoms with van der Waals surface area (Å²) in [7, 11) is 0. The van der Waals surface area contributed by atoms with Crippen molar-refractivity contribution in [2.75, 3.05) is 13.2 Å². The third-order valence-corrected chi connectivity index (χ3v) is 2.59. The van der Waals surface area contributed by atoms with Gasteiger partial charge >= 0.3 is 0 Å². The van der Waals surface area contributed by atoms with Gasteiger partial charge in [0.15, 0.2) is 0 Å². The molecule has 0 aliphatic heterocycles. The minimum atomic E-state index is 0.0968. The fourth-order valence-corrected chi connectivity index (χ4v) is 1.87. The number of fused-ring (bicyclic) bond motifs is 1. The number of hydrogen-bond donors (Lipinski definition) is 2. The average molecular weight is 217 g/mol. The van der Waals surface area contributed by atoms with Crippen molar-refractivity contribution in [1.82, 2.24) is 4.98 Å². The van der Waals surface area contributed by atoms with E-state index < -0.39 is 0 Å². The van der Waals surface area contributed by atoms with Crippen LogP contribution in [0.25, 0.3) is 10.8 Å². The summed E-state index contributed by atoms with van der Waals surface area (Å²) in [5.41, 5.74) is 1.79. The highest BCUT2D eigenvalue weighted by atomic mass is 16.3. The van der Waals surface area contributed by atoms with Gasteiger partial charge in [-0.15, -0.1) is 0 Å². The molecule has 0 amide bonds. The molecule has 0 saturated carbocycles. The lowest BCUT2D eigenvalue weighted by Crippen LogP contribution is -2.01. The third kappa shape index (κ3) is 2.21. The van der Waals surface area contributed by atoms with Crippen LogP contribution in [0.1, 0.15) is 11.4 Å². The van der Waals surface area contributed by atoms with Crippen molar-refractivity contribution >= 4 is 10.8 Å². The molecule has 0 fully saturated rings. The van der Waals surface area contributed by atoms with Crippen LogP contribution in [0, 0.1) is 0 Å². The highest BCUT2D eigenvalue weighted by molar-refractivity contribution is 5.84. The SMILES string of the molecule is OCCc1cc2ccccc2c(CCO)n1. The number of aliphatic hydroxyl groups excluding tert-OH is 2. The number of pyridine rings is 1. The molecule has 3 heteroatoms. The fraction of sp³-hybridized carbons (Fsp3) is 0.308. The maximum Gasteiger partial charge on any atom is 0.0508 e. The first kappa shape index (κ1) is 11.0. The van der Waals surface area contributed by atoms with Gasteiger partial charge < -0.3 is 10.2 Å². The lowest BCUT2D eigenvalue weighted by Gasteiger charge is -2.07. The van der Waals surface area contributed by atoms with E-state index in [-0.39, 0.29) is 13.2 Å². The zero-order chi connectivity index (χ0) is 11.4. The summed E-state index contributed by atoms with van der Waals surface area (Å²) in [5, 5.41) is 20.1. The zero-order valence-electron chi connectivity index (χ0n) is 9.06. The zero-order valence-corrected chi connectivity index (χ0v) is 9.06. The second-order valence-electron chi connectivity index (χ2n) is 3.73. The van der Waals surface area contributed by atoms with Crippen molar-refractivity contribution in [2.45, 2.75) is 12.8 Å². The Morgan fingerprint density at radius 2 is 1.75 bits per heavy atom. The van der Waals surface area contributed by atoms with Crippen LogP contribution in [0.3, 0.4) is 0 Å². The second-order valence-corrected chi connectivity index (χ2v) is 3.73. The molecule has 0 atom stereocenters. The lowest BCUT2D eigenvalue weighted by atomic mass is 10.1. The van der Waals surface area contributed by atoms with Crippen molar-refractivity contribution in [1.29, 1.82) is 0 Å². The van der Waals surface area contributed by atoms with E-state index in [2.05, 4.69) is 4.98 Å². The Kier molecular flexibility index (Phi) is 3.49. The highest BCUT2D eigenvalue weighted by Crippen LogP contribution is 2.19. The molecule has 3 nitrogen and oxygen atoms in total. The topological polar surface area (TPSA) is 53.4 Å². The average Bonchev–Trinajstić information content (AvgIpc) is 2.30. The van der Waals surface area contributed by atoms with Gasteiger partial charge in [0.1, 0.15) is 0 Å². The Morgan fingerprint density at radius 1 is 1.00 bits per heavy atom. The summed E-state index contributed by atoms with van der Waals surface area (Å²) in [5.74, 6) is 0. The number of hydrogen-bond acceptors (Lipinski definition) is 3. The molecule has 16 heavy (non-hydrogen) atoms. The maximum atomic E-state index is 9.01. The van der Waals surface area contributed by atoms with Gasteiger partial charge in [0.2, 0.25) is 0 Å². The predicted octanol–water partition coefficient (Wildman–Crippen LogP) is 1.30. The van der Waals surface area contributed by atoms with Gasteiger partial charge in [0, 0.05) is 37.1 Å². The van der Waals surface area contributed by atoms with E-state index in [4.69, 9.17) is 10.2 Å². The number of benzene rings is 1. The maximum absolute atomic E-state index is 9.01. The summed E-state index contributed by atoms with van der Waals surface area (Å²) in [6, 6.07) is 9.98. The molecule has 1 heterocycles. The van der Waals surface area contributed by atoms with E-state index in [9.17, 15) is 0 Å². The molecule has 2 aromatic rings. The van der Waals surface area contributed by atoms with Crippen molar-refractivity contribution in [3.63, 3.8) is 0 Å². The molecule has 2 N–H and O–H groups in total. The van der Waals surface area contributed by atoms with E-state index in [1.54, 1.807) is 0 Å². The molecule has 0 unspecified atom stereocenters. The summed E-state index contributed by atoms with van der Waals surface area (Å²) < 4.78 is 0. The Hall–Kier alpha value is -1.45. The van der Waals surface area contributed by atoms with Crippen LogP contribution < -0.4 is 0 Å². The van der Waals surface area contributed by atoms with Crippen molar-refractivity contribution in [2.24, 2.45) is 0 Å². The van der Waals surface area contributed by atoms with Gasteiger partial charge in [-0.3, -0.25) is 4.98 Å². The van der Waals surface area contributed by atoms with Crippen molar-refractivity contribution in [3.05, 3.63) is 41.7 Å². The molecule has 0 bridgehead atoms. The summed E-state index contributed by atoms with van der Waals surface area (Å²) >= 11 is 0. The molecule has 0 aliphatic carbocycles. The minimum absolute atomic E-state index is 0.0968. The molecule has 1 aromatic carbocycles. The molecule has 1 aromatic heterocycles. The first-order valence-electron chi connectivity index (χ1n) is 5.44. The minimum Gasteiger partial charge on any atom is -0.396 e. The molecular formula is C13H15NO2. The van der Waals surface area contributed by atoms with Gasteiger partial charge in [-0.1, -0.05) is 24.3 Å². The Balaban J connectivity index is 2.54. The van der Waals surface area contributed by atoms with Crippen molar-refractivity contribution < 1.29 is 10.2 Å². The van der Waals surface area contributed by atoms with Crippen molar-refractivity contribution in [3.8, 4) is 0 Å². The second kappa shape index (κ2) is 5.05. The van der Waals surface area contributed by atoms with Gasteiger partial charge in [0.05, 0.1) is 5.69 Å². The van der Waals surface area contributed by atoms with Crippen LogP contribution in [0.15, 0.2) is 30.3 Å². The molecular weight excluding hydrogens is 202 g/mol. The number of nitrogens with zero attached hydrogens (tertiary/aromatic N) is 1. The standard InChI is InChI=1S/C13H15NO2/c15-7-5-11-9-10-3-1-2-4-12(10)13(14-11)6-8-16/h1-4,9,15-16H,5-8H2. The quantitative estimate of drug-likeness (QED) is 0.811. The number of aliphatic hydroxyl groups is 2. The Labute approximate surface area is 94.4 Å². The Bertz CT molecular complexity index is 482. The van der Waals surface area contributed by atoms with Gasteiger partial charge in [-0.05, 0) is 11.5 Å². The predicted molar refractivity (Wildman–Crippen MR) is 63.3 cm³/mol. The van der Waals surface area contributed by atoms with Crippen LogP contribution in [-0.4, -0.2) is 28.4 Å². The number of aromatic nitrogens is 1. The summed E-state index contributed by atoms with van der Waals surface area (Å²) in [6.07, 6.45) is 1.11.